The van der Waals surface area contributed by atoms with Gasteiger partial charge in [-0.1, -0.05) is 29.0 Å². The van der Waals surface area contributed by atoms with E-state index < -0.39 is 10.2 Å². The molecule has 0 aromatic carbocycles. The van der Waals surface area contributed by atoms with Gasteiger partial charge >= 0.3 is 0 Å². The molecule has 5 heteroatoms. The van der Waals surface area contributed by atoms with Gasteiger partial charge in [-0.25, -0.2) is 4.21 Å². The first-order valence-corrected chi connectivity index (χ1v) is 7.85. The van der Waals surface area contributed by atoms with Gasteiger partial charge in [0, 0.05) is 10.2 Å². The van der Waals surface area contributed by atoms with Crippen molar-refractivity contribution >= 4 is 43.5 Å². The van der Waals surface area contributed by atoms with E-state index in [1.807, 2.05) is 0 Å². The molecule has 68 valence electrons. The predicted molar refractivity (Wildman–Crippen MR) is 59.9 cm³/mol. The summed E-state index contributed by atoms with van der Waals surface area (Å²) < 4.78 is 21.8. The van der Waals surface area contributed by atoms with E-state index in [1.54, 1.807) is 0 Å². The number of thiol groups is 1. The summed E-state index contributed by atoms with van der Waals surface area (Å²) in [5.41, 5.74) is 0. The Morgan fingerprint density at radius 1 is 1.27 bits per heavy atom. The largest absolute Gasteiger partial charge is 0.603 e. The van der Waals surface area contributed by atoms with E-state index in [0.29, 0.717) is 5.75 Å². The number of alkyl halides is 1. The highest BCUT2D eigenvalue weighted by Gasteiger charge is 2.01. The Balaban J connectivity index is 2.95. The molecule has 0 aromatic rings. The fourth-order valence-corrected chi connectivity index (χ4v) is 2.39. The van der Waals surface area contributed by atoms with E-state index >= 15 is 0 Å². The minimum atomic E-state index is -1.12. The molecular weight excluding hydrogens is 295 g/mol. The summed E-state index contributed by atoms with van der Waals surface area (Å²) in [6, 6.07) is 0. The second-order valence-electron chi connectivity index (χ2n) is 2.20. The summed E-state index contributed by atoms with van der Waals surface area (Å²) in [6.45, 7) is 0. The molecule has 0 saturated heterocycles. The van der Waals surface area contributed by atoms with Gasteiger partial charge in [0.1, 0.15) is 5.75 Å². The number of halogens is 1. The highest BCUT2D eigenvalue weighted by atomic mass is 127. The van der Waals surface area contributed by atoms with Crippen molar-refractivity contribution in [3.8, 4) is 0 Å². The molecule has 0 aliphatic rings. The zero-order chi connectivity index (χ0) is 8.53. The van der Waals surface area contributed by atoms with Crippen LogP contribution in [0.1, 0.15) is 25.7 Å². The van der Waals surface area contributed by atoms with Crippen LogP contribution in [0.25, 0.3) is 0 Å². The number of unbranched alkanes of at least 4 members (excludes halogenated alkanes) is 3. The maximum absolute atomic E-state index is 10.6. The van der Waals surface area contributed by atoms with Gasteiger partial charge in [-0.3, -0.25) is 0 Å². The predicted octanol–water partition coefficient (Wildman–Crippen LogP) is 1.59. The van der Waals surface area contributed by atoms with Crippen molar-refractivity contribution in [3.05, 3.63) is 0 Å². The lowest BCUT2D eigenvalue weighted by Gasteiger charge is -2.01. The van der Waals surface area contributed by atoms with Crippen LogP contribution >= 0.6 is 22.6 Å². The van der Waals surface area contributed by atoms with Crippen molar-refractivity contribution in [3.63, 3.8) is 0 Å². The molecule has 0 saturated carbocycles. The third kappa shape index (κ3) is 9.10. The monoisotopic (exact) mass is 308 g/mol. The van der Waals surface area contributed by atoms with Crippen LogP contribution in [0.3, 0.4) is 0 Å². The van der Waals surface area contributed by atoms with Crippen LogP contribution < -0.4 is 0 Å². The molecule has 0 bridgehead atoms. The molecule has 1 atom stereocenters. The summed E-state index contributed by atoms with van der Waals surface area (Å²) in [7, 11) is -1.33. The van der Waals surface area contributed by atoms with E-state index in [0.717, 1.165) is 12.8 Å². The quantitative estimate of drug-likeness (QED) is 0.194. The molecular formula is C6H13IO2S2. The lowest BCUT2D eigenvalue weighted by molar-refractivity contribution is 0.600. The zero-order valence-electron chi connectivity index (χ0n) is 6.29. The summed E-state index contributed by atoms with van der Waals surface area (Å²) in [6.07, 6.45) is 4.50. The van der Waals surface area contributed by atoms with E-state index in [9.17, 15) is 8.76 Å². The second kappa shape index (κ2) is 9.28. The number of hydrogen-bond donors (Lipinski definition) is 1. The standard InChI is InChI=1S/C6H13IO2S2/c7-5-3-1-2-4-6-11(9)10-8/h10H,1-6H2. The fourth-order valence-electron chi connectivity index (χ4n) is 0.711. The van der Waals surface area contributed by atoms with Crippen molar-refractivity contribution in [1.29, 1.82) is 0 Å². The van der Waals surface area contributed by atoms with E-state index in [-0.39, 0.29) is 10.7 Å². The molecule has 0 spiro atoms. The first-order chi connectivity index (χ1) is 5.31. The van der Waals surface area contributed by atoms with Crippen molar-refractivity contribution in [2.75, 3.05) is 10.2 Å². The Bertz CT molecular complexity index is 103. The van der Waals surface area contributed by atoms with Gasteiger partial charge in [-0.15, -0.1) is 0 Å². The van der Waals surface area contributed by atoms with Crippen LogP contribution in [-0.2, 0) is 20.9 Å². The van der Waals surface area contributed by atoms with E-state index in [1.165, 1.54) is 17.3 Å². The highest BCUT2D eigenvalue weighted by Crippen LogP contribution is 2.04. The number of rotatable bonds is 7. The van der Waals surface area contributed by atoms with Crippen molar-refractivity contribution in [2.45, 2.75) is 25.7 Å². The normalized spacial score (nSPS) is 13.3. The molecule has 11 heavy (non-hydrogen) atoms. The molecule has 0 heterocycles. The van der Waals surface area contributed by atoms with Gasteiger partial charge in [0.05, 0.1) is 0 Å². The Labute approximate surface area is 87.7 Å². The smallest absolute Gasteiger partial charge is 0.212 e. The Kier molecular flexibility index (Phi) is 10.3. The van der Waals surface area contributed by atoms with E-state index in [2.05, 4.69) is 22.6 Å². The highest BCUT2D eigenvalue weighted by molar-refractivity contribution is 14.1. The lowest BCUT2D eigenvalue weighted by atomic mass is 10.2. The van der Waals surface area contributed by atoms with Crippen LogP contribution in [0, 0.1) is 0 Å². The summed E-state index contributed by atoms with van der Waals surface area (Å²) in [5.74, 6) is 0.590. The molecule has 1 unspecified atom stereocenters. The molecule has 0 rings (SSSR count). The van der Waals surface area contributed by atoms with Crippen molar-refractivity contribution in [2.24, 2.45) is 0 Å². The average molecular weight is 308 g/mol. The molecule has 0 aromatic heterocycles. The Hall–Kier alpha value is 1.19. The number of hydrogen-bond acceptors (Lipinski definition) is 2. The first-order valence-electron chi connectivity index (χ1n) is 3.59. The summed E-state index contributed by atoms with van der Waals surface area (Å²) in [4.78, 5) is 0. The van der Waals surface area contributed by atoms with Gasteiger partial charge in [0.15, 0.2) is 0 Å². The summed E-state index contributed by atoms with van der Waals surface area (Å²) in [5, 5.41) is 0. The molecule has 0 radical (unpaired) electrons. The topological polar surface area (TPSA) is 40.1 Å². The van der Waals surface area contributed by atoms with Gasteiger partial charge in [-0.2, -0.15) is 0 Å². The molecule has 0 aliphatic heterocycles. The molecule has 2 nitrogen and oxygen atoms in total. The van der Waals surface area contributed by atoms with Gasteiger partial charge in [0.25, 0.3) is 0 Å². The maximum Gasteiger partial charge on any atom is 0.212 e. The Morgan fingerprint density at radius 2 is 1.91 bits per heavy atom. The van der Waals surface area contributed by atoms with Gasteiger partial charge in [-0.05, 0) is 23.7 Å². The maximum atomic E-state index is 10.6. The van der Waals surface area contributed by atoms with Crippen LogP contribution in [0.5, 0.6) is 0 Å². The third-order valence-corrected chi connectivity index (χ3v) is 3.90. The molecule has 0 N–H and O–H groups in total. The van der Waals surface area contributed by atoms with Crippen LogP contribution in [0.4, 0.5) is 0 Å². The fraction of sp³-hybridized carbons (Fsp3) is 1.00. The third-order valence-electron chi connectivity index (χ3n) is 1.29. The first kappa shape index (κ1) is 12.2. The van der Waals surface area contributed by atoms with Crippen molar-refractivity contribution in [1.82, 2.24) is 0 Å². The average Bonchev–Trinajstić information content (AvgIpc) is 2.04. The SMILES string of the molecule is O=[SH][S+]([O-])CCCCCCI. The summed E-state index contributed by atoms with van der Waals surface area (Å²) >= 11 is 2.35. The van der Waals surface area contributed by atoms with Crippen molar-refractivity contribution < 1.29 is 8.76 Å². The minimum Gasteiger partial charge on any atom is -0.603 e. The lowest BCUT2D eigenvalue weighted by Crippen LogP contribution is -2.03. The molecule has 0 fully saturated rings. The molecule has 0 amide bonds. The van der Waals surface area contributed by atoms with E-state index in [4.69, 9.17) is 0 Å². The zero-order valence-corrected chi connectivity index (χ0v) is 10.2. The molecule has 0 aliphatic carbocycles. The minimum absolute atomic E-state index is 0.213. The van der Waals surface area contributed by atoms with Crippen LogP contribution in [0.2, 0.25) is 0 Å². The van der Waals surface area contributed by atoms with Gasteiger partial charge in [0.2, 0.25) is 10.7 Å². The Morgan fingerprint density at radius 3 is 2.45 bits per heavy atom. The van der Waals surface area contributed by atoms with Crippen LogP contribution in [-0.4, -0.2) is 18.9 Å². The second-order valence-corrected chi connectivity index (χ2v) is 6.15. The van der Waals surface area contributed by atoms with Gasteiger partial charge < -0.3 is 4.55 Å². The van der Waals surface area contributed by atoms with Crippen LogP contribution in [0.15, 0.2) is 0 Å².